The number of aryl methyl sites for hydroxylation is 2. The summed E-state index contributed by atoms with van der Waals surface area (Å²) in [6, 6.07) is 39.3. The molecule has 5 rings (SSSR count). The maximum atomic E-state index is 15.0. The van der Waals surface area contributed by atoms with Crippen molar-refractivity contribution in [3.8, 4) is 11.1 Å². The van der Waals surface area contributed by atoms with Crippen molar-refractivity contribution in [3.05, 3.63) is 166 Å². The van der Waals surface area contributed by atoms with Gasteiger partial charge < -0.3 is 0 Å². The Bertz CT molecular complexity index is 1510. The third kappa shape index (κ3) is 7.18. The molecule has 0 saturated carbocycles. The van der Waals surface area contributed by atoms with Crippen molar-refractivity contribution in [1.82, 2.24) is 0 Å². The topological polar surface area (TPSA) is 0 Å². The fraction of sp³-hybridized carbons (Fsp3) is 0.135. The number of benzene rings is 5. The van der Waals surface area contributed by atoms with Crippen LogP contribution in [0.1, 0.15) is 46.2 Å². The molecule has 0 aromatic heterocycles. The molecule has 0 amide bonds. The van der Waals surface area contributed by atoms with E-state index in [1.165, 1.54) is 28.8 Å². The van der Waals surface area contributed by atoms with Crippen molar-refractivity contribution >= 4 is 12.2 Å². The zero-order valence-electron chi connectivity index (χ0n) is 22.2. The molecule has 2 heteroatoms. The predicted octanol–water partition coefficient (Wildman–Crippen LogP) is 9.93. The van der Waals surface area contributed by atoms with Crippen molar-refractivity contribution in [1.29, 1.82) is 0 Å². The van der Waals surface area contributed by atoms with Crippen LogP contribution in [-0.2, 0) is 19.3 Å². The Morgan fingerprint density at radius 1 is 0.590 bits per heavy atom. The second kappa shape index (κ2) is 12.5. The second-order valence-corrected chi connectivity index (χ2v) is 10.2. The average Bonchev–Trinajstić information content (AvgIpc) is 2.97. The van der Waals surface area contributed by atoms with Crippen molar-refractivity contribution in [2.45, 2.75) is 32.1 Å². The quantitative estimate of drug-likeness (QED) is 0.172. The van der Waals surface area contributed by atoms with E-state index < -0.39 is 0 Å². The van der Waals surface area contributed by atoms with Gasteiger partial charge in [-0.15, -0.1) is 0 Å². The third-order valence-corrected chi connectivity index (χ3v) is 7.25. The maximum Gasteiger partial charge on any atom is 0.131 e. The van der Waals surface area contributed by atoms with Gasteiger partial charge >= 0.3 is 0 Å². The molecule has 5 aromatic rings. The Labute approximate surface area is 230 Å². The third-order valence-electron chi connectivity index (χ3n) is 7.25. The summed E-state index contributed by atoms with van der Waals surface area (Å²) >= 11 is 0. The normalized spacial score (nSPS) is 12.1. The van der Waals surface area contributed by atoms with Gasteiger partial charge in [0.15, 0.2) is 0 Å². The Morgan fingerprint density at radius 3 is 1.82 bits per heavy atom. The molecule has 0 N–H and O–H groups in total. The van der Waals surface area contributed by atoms with E-state index in [4.69, 9.17) is 0 Å². The highest BCUT2D eigenvalue weighted by Gasteiger charge is 2.08. The molecule has 0 fully saturated rings. The molecule has 1 atom stereocenters. The zero-order valence-corrected chi connectivity index (χ0v) is 22.2. The first-order valence-corrected chi connectivity index (χ1v) is 13.5. The summed E-state index contributed by atoms with van der Waals surface area (Å²) in [5, 5.41) is 0. The molecular weight excluding hydrogens is 482 g/mol. The summed E-state index contributed by atoms with van der Waals surface area (Å²) in [6.45, 7) is 2.25. The minimum atomic E-state index is -0.235. The van der Waals surface area contributed by atoms with Crippen molar-refractivity contribution in [2.24, 2.45) is 0 Å². The average molecular weight is 515 g/mol. The highest BCUT2D eigenvalue weighted by Crippen LogP contribution is 2.26. The van der Waals surface area contributed by atoms with Gasteiger partial charge in [0.05, 0.1) is 0 Å². The van der Waals surface area contributed by atoms with E-state index in [0.29, 0.717) is 11.5 Å². The minimum absolute atomic E-state index is 0.209. The summed E-state index contributed by atoms with van der Waals surface area (Å²) in [5.41, 5.74) is 8.41. The number of hydrogen-bond donors (Lipinski definition) is 0. The SMILES string of the molecule is C[C@H](Cc1ccc(-c2ccc(C=Cc3ccc(CCc4ccc(F)cc4)cc3)c(F)c2)cc1)c1ccccc1. The van der Waals surface area contributed by atoms with Crippen LogP contribution in [0.2, 0.25) is 0 Å². The molecule has 0 aliphatic rings. The molecule has 5 aromatic carbocycles. The molecule has 0 heterocycles. The Morgan fingerprint density at radius 2 is 1.18 bits per heavy atom. The summed E-state index contributed by atoms with van der Waals surface area (Å²) in [4.78, 5) is 0. The predicted molar refractivity (Wildman–Crippen MR) is 160 cm³/mol. The first-order chi connectivity index (χ1) is 19.0. The van der Waals surface area contributed by atoms with Crippen LogP contribution in [0.5, 0.6) is 0 Å². The Balaban J connectivity index is 1.18. The van der Waals surface area contributed by atoms with Crippen molar-refractivity contribution < 1.29 is 8.78 Å². The smallest absolute Gasteiger partial charge is 0.131 e. The number of halogens is 2. The number of hydrogen-bond acceptors (Lipinski definition) is 0. The van der Waals surface area contributed by atoms with Crippen LogP contribution < -0.4 is 0 Å². The second-order valence-electron chi connectivity index (χ2n) is 10.2. The van der Waals surface area contributed by atoms with Crippen LogP contribution in [0, 0.1) is 11.6 Å². The van der Waals surface area contributed by atoms with E-state index in [0.717, 1.165) is 41.5 Å². The van der Waals surface area contributed by atoms with Crippen molar-refractivity contribution in [2.75, 3.05) is 0 Å². The molecular formula is C37H32F2. The van der Waals surface area contributed by atoms with Gasteiger partial charge in [0.2, 0.25) is 0 Å². The van der Waals surface area contributed by atoms with Gasteiger partial charge in [-0.3, -0.25) is 0 Å². The van der Waals surface area contributed by atoms with Crippen LogP contribution in [0.15, 0.2) is 121 Å². The first kappa shape index (κ1) is 26.3. The first-order valence-electron chi connectivity index (χ1n) is 13.5. The van der Waals surface area contributed by atoms with Crippen LogP contribution in [0.3, 0.4) is 0 Å². The molecule has 0 saturated heterocycles. The molecule has 194 valence electrons. The monoisotopic (exact) mass is 514 g/mol. The van der Waals surface area contributed by atoms with E-state index in [2.05, 4.69) is 67.6 Å². The van der Waals surface area contributed by atoms with E-state index in [1.807, 2.05) is 54.6 Å². The summed E-state index contributed by atoms with van der Waals surface area (Å²) in [5.74, 6) is -0.000829. The largest absolute Gasteiger partial charge is 0.207 e. The Hall–Kier alpha value is -4.30. The molecule has 0 radical (unpaired) electrons. The van der Waals surface area contributed by atoms with E-state index in [1.54, 1.807) is 6.07 Å². The van der Waals surface area contributed by atoms with Gasteiger partial charge in [-0.1, -0.05) is 122 Å². The highest BCUT2D eigenvalue weighted by molar-refractivity contribution is 5.72. The van der Waals surface area contributed by atoms with Gasteiger partial charge in [-0.05, 0) is 82.3 Å². The molecule has 0 aliphatic carbocycles. The lowest BCUT2D eigenvalue weighted by atomic mass is 9.93. The maximum absolute atomic E-state index is 15.0. The van der Waals surface area contributed by atoms with Gasteiger partial charge in [0.25, 0.3) is 0 Å². The fourth-order valence-electron chi connectivity index (χ4n) is 4.85. The van der Waals surface area contributed by atoms with Gasteiger partial charge in [0, 0.05) is 5.56 Å². The standard InChI is InChI=1S/C37H32F2/c1-27(32-5-3-2-4-6-32)25-31-14-18-33(19-15-31)35-22-21-34(37(39)26-35)20-13-29-10-7-28(8-11-29)9-12-30-16-23-36(38)24-17-30/h2-8,10-11,13-24,26-27H,9,12,25H2,1H3/t27-/m1/s1. The molecule has 39 heavy (non-hydrogen) atoms. The lowest BCUT2D eigenvalue weighted by molar-refractivity contribution is 0.625. The fourth-order valence-corrected chi connectivity index (χ4v) is 4.85. The van der Waals surface area contributed by atoms with E-state index in [9.17, 15) is 8.78 Å². The van der Waals surface area contributed by atoms with Gasteiger partial charge in [-0.2, -0.15) is 0 Å². The van der Waals surface area contributed by atoms with Gasteiger partial charge in [-0.25, -0.2) is 8.78 Å². The summed E-state index contributed by atoms with van der Waals surface area (Å²) < 4.78 is 28.0. The molecule has 0 spiro atoms. The lowest BCUT2D eigenvalue weighted by Gasteiger charge is -2.12. The number of rotatable bonds is 9. The van der Waals surface area contributed by atoms with Crippen LogP contribution in [-0.4, -0.2) is 0 Å². The molecule has 0 nitrogen and oxygen atoms in total. The summed E-state index contributed by atoms with van der Waals surface area (Å²) in [6.07, 6.45) is 6.48. The molecule has 0 bridgehead atoms. The molecule has 0 unspecified atom stereocenters. The molecule has 0 aliphatic heterocycles. The van der Waals surface area contributed by atoms with Crippen LogP contribution in [0.25, 0.3) is 23.3 Å². The van der Waals surface area contributed by atoms with Crippen LogP contribution >= 0.6 is 0 Å². The Kier molecular flexibility index (Phi) is 8.43. The highest BCUT2D eigenvalue weighted by atomic mass is 19.1. The van der Waals surface area contributed by atoms with E-state index >= 15 is 0 Å². The van der Waals surface area contributed by atoms with Crippen molar-refractivity contribution in [3.63, 3.8) is 0 Å². The summed E-state index contributed by atoms with van der Waals surface area (Å²) in [7, 11) is 0. The van der Waals surface area contributed by atoms with Crippen LogP contribution in [0.4, 0.5) is 8.78 Å². The van der Waals surface area contributed by atoms with Gasteiger partial charge in [0.1, 0.15) is 11.6 Å². The minimum Gasteiger partial charge on any atom is -0.207 e. The van der Waals surface area contributed by atoms with E-state index in [-0.39, 0.29) is 11.6 Å². The lowest BCUT2D eigenvalue weighted by Crippen LogP contribution is -1.98. The zero-order chi connectivity index (χ0) is 27.0.